The van der Waals surface area contributed by atoms with Crippen molar-refractivity contribution in [1.29, 1.82) is 0 Å². The fourth-order valence-corrected chi connectivity index (χ4v) is 26.5. The maximum Gasteiger partial charge on any atom is 0.252 e. The molecular weight excluding hydrogens is 1610 g/mol. The van der Waals surface area contributed by atoms with E-state index in [1.165, 1.54) is 194 Å². The van der Waals surface area contributed by atoms with Gasteiger partial charge in [-0.2, -0.15) is 0 Å². The highest BCUT2D eigenvalue weighted by molar-refractivity contribution is 7.01. The average Bonchev–Trinajstić information content (AvgIpc) is 1.45. The second-order valence-corrected chi connectivity index (χ2v) is 44.9. The van der Waals surface area contributed by atoms with Crippen molar-refractivity contribution in [1.82, 2.24) is 9.13 Å². The summed E-state index contributed by atoms with van der Waals surface area (Å²) in [6.45, 7) is 38.4. The molecule has 0 saturated heterocycles. The molecule has 28 rings (SSSR count). The summed E-state index contributed by atoms with van der Waals surface area (Å²) in [6, 6.07) is 101. The fraction of sp³-hybridized carbons (Fsp3) is 0.267. The van der Waals surface area contributed by atoms with Crippen molar-refractivity contribution in [2.45, 2.75) is 206 Å². The number of aromatic nitrogens is 2. The van der Waals surface area contributed by atoms with E-state index >= 15 is 0 Å². The number of para-hydroxylation sites is 7. The van der Waals surface area contributed by atoms with Gasteiger partial charge in [0.1, 0.15) is 27.9 Å². The summed E-state index contributed by atoms with van der Waals surface area (Å²) in [4.78, 5) is 10.7. The van der Waals surface area contributed by atoms with Crippen molar-refractivity contribution >= 4 is 213 Å². The Morgan fingerprint density at radius 2 is 0.652 bits per heavy atom. The topological polar surface area (TPSA) is 75.4 Å². The summed E-state index contributed by atoms with van der Waals surface area (Å²) in [6.07, 6.45) is 9.61. The van der Waals surface area contributed by atoms with Crippen LogP contribution in [0.2, 0.25) is 0 Å². The predicted octanol–water partition coefficient (Wildman–Crippen LogP) is 28.8. The molecule has 132 heavy (non-hydrogen) atoms. The van der Waals surface area contributed by atoms with Crippen LogP contribution in [0.4, 0.5) is 56.9 Å². The highest BCUT2D eigenvalue weighted by Gasteiger charge is 2.61. The smallest absolute Gasteiger partial charge is 0.252 e. The first-order valence-electron chi connectivity index (χ1n) is 48.4. The molecule has 6 aromatic heterocycles. The summed E-state index contributed by atoms with van der Waals surface area (Å²) in [5, 5.41) is 11.7. The molecule has 12 heteroatoms. The van der Waals surface area contributed by atoms with Gasteiger partial charge in [-0.05, 0) is 230 Å². The minimum Gasteiger partial charge on any atom is -0.456 e. The summed E-state index contributed by atoms with van der Waals surface area (Å²) in [5.41, 5.74) is 40.1. The van der Waals surface area contributed by atoms with Crippen LogP contribution in [-0.4, -0.2) is 33.6 Å². The molecule has 14 aromatic carbocycles. The highest BCUT2D eigenvalue weighted by atomic mass is 16.4. The molecule has 2 fully saturated rings. The van der Waals surface area contributed by atoms with Gasteiger partial charge < -0.3 is 37.3 Å². The van der Waals surface area contributed by atoms with Crippen LogP contribution in [0.5, 0.6) is 0 Å². The van der Waals surface area contributed by atoms with Gasteiger partial charge in [0, 0.05) is 105 Å². The zero-order valence-corrected chi connectivity index (χ0v) is 78.5. The standard InChI is InChI=1S/2C60H54BN3O2/c1-57(2,3)35-25-28-44-41(31-35)59(7)29-13-14-30-60(59,8)64(44)37-26-27-42-46(34-37)62(45-21-16-24-51-53(45)39-18-10-11-22-49(39)65-51)47-32-36(58(4,5)6)33-48-54(47)61(42)43-20-15-19-40-52-38-17-9-12-23-50(38)66-56(52)63(48)55(40)43;1-57(2,3)35-25-28-45-42(31-35)59(7)29-13-14-30-60(59,8)64(45)37-26-27-43-47(34-37)62(46-22-16-19-39-38-17-9-11-23-50(38)65-55(39)46)48-32-36(58(4,5)6)33-49-53(48)61(43)44-21-15-20-41-52-40-18-10-12-24-51(40)66-56(52)63(49)54(41)44/h2*9-12,15-28,31-34H,13-14,29-30H2,1-8H3. The number of rotatable bonds is 4. The second kappa shape index (κ2) is 26.3. The molecule has 0 radical (unpaired) electrons. The Morgan fingerprint density at radius 1 is 0.273 bits per heavy atom. The number of nitrogens with zero attached hydrogens (tertiary/aromatic N) is 6. The number of fused-ring (bicyclic) bond motifs is 30. The van der Waals surface area contributed by atoms with Gasteiger partial charge in [0.05, 0.1) is 49.6 Å². The third-order valence-electron chi connectivity index (χ3n) is 33.7. The molecule has 4 unspecified atom stereocenters. The van der Waals surface area contributed by atoms with Crippen molar-refractivity contribution in [2.24, 2.45) is 0 Å². The molecule has 648 valence electrons. The van der Waals surface area contributed by atoms with Crippen LogP contribution in [0.3, 0.4) is 0 Å². The van der Waals surface area contributed by atoms with E-state index in [2.05, 4.69) is 406 Å². The van der Waals surface area contributed by atoms with Gasteiger partial charge in [-0.15, -0.1) is 0 Å². The van der Waals surface area contributed by atoms with E-state index in [0.29, 0.717) is 0 Å². The Balaban J connectivity index is 0.000000135. The Hall–Kier alpha value is -13.3. The van der Waals surface area contributed by atoms with Crippen molar-refractivity contribution in [3.63, 3.8) is 0 Å². The quantitative estimate of drug-likeness (QED) is 0.161. The SMILES string of the molecule is CC(C)(C)c1cc2c3c(c1)-n1c4oc5ccccc5c4c4cccc(c41)B3c1ccc(N3c4ccc(C(C)(C)C)cc4C4(C)CCCCC34C)cc1N2c1cccc2c1oc1ccccc12.CC(C)(C)c1cc2c3c(c1)-n1c4oc5ccccc5c4c4cccc(c41)B3c1ccc(N3c4ccc(C(C)(C)C)cc4C4(C)CCCCC34C)cc1N2c1cccc2oc3ccccc3c12. The highest BCUT2D eigenvalue weighted by Crippen LogP contribution is 2.65. The van der Waals surface area contributed by atoms with E-state index in [0.717, 1.165) is 101 Å². The first-order chi connectivity index (χ1) is 63.5. The number of furan rings is 4. The summed E-state index contributed by atoms with van der Waals surface area (Å²) >= 11 is 0. The van der Waals surface area contributed by atoms with Gasteiger partial charge in [-0.3, -0.25) is 9.13 Å². The molecule has 0 N–H and O–H groups in total. The normalized spacial score (nSPS) is 19.9. The molecule has 2 aliphatic carbocycles. The van der Waals surface area contributed by atoms with E-state index in [1.807, 2.05) is 0 Å². The van der Waals surface area contributed by atoms with Gasteiger partial charge in [0.15, 0.2) is 5.58 Å². The first kappa shape index (κ1) is 78.5. The van der Waals surface area contributed by atoms with Crippen molar-refractivity contribution in [2.75, 3.05) is 19.6 Å². The van der Waals surface area contributed by atoms with Crippen molar-refractivity contribution in [3.8, 4) is 11.4 Å². The average molecular weight is 1720 g/mol. The van der Waals surface area contributed by atoms with Crippen LogP contribution in [0.1, 0.15) is 196 Å². The summed E-state index contributed by atoms with van der Waals surface area (Å²) in [7, 11) is 0. The third-order valence-corrected chi connectivity index (χ3v) is 33.7. The van der Waals surface area contributed by atoms with Crippen LogP contribution in [0.15, 0.2) is 285 Å². The molecule has 10 nitrogen and oxygen atoms in total. The number of benzene rings is 14. The third kappa shape index (κ3) is 10.2. The molecule has 8 aliphatic rings. The molecule has 4 atom stereocenters. The fourth-order valence-electron chi connectivity index (χ4n) is 26.5. The van der Waals surface area contributed by atoms with E-state index in [-0.39, 0.29) is 57.0 Å². The number of anilines is 10. The second-order valence-electron chi connectivity index (χ2n) is 44.9. The van der Waals surface area contributed by atoms with Crippen molar-refractivity contribution < 1.29 is 17.7 Å². The maximum absolute atomic E-state index is 6.99. The molecular formula is C120H108B2N6O4. The first-order valence-corrected chi connectivity index (χ1v) is 48.4. The lowest BCUT2D eigenvalue weighted by atomic mass is 9.33. The maximum atomic E-state index is 6.99. The van der Waals surface area contributed by atoms with Gasteiger partial charge in [0.2, 0.25) is 11.4 Å². The zero-order valence-electron chi connectivity index (χ0n) is 78.5. The minimum atomic E-state index is -0.151. The zero-order chi connectivity index (χ0) is 89.6. The molecule has 12 heterocycles. The molecule has 0 amide bonds. The minimum absolute atomic E-state index is 0.00588. The molecule has 0 bridgehead atoms. The predicted molar refractivity (Wildman–Crippen MR) is 555 cm³/mol. The molecule has 6 aliphatic heterocycles. The van der Waals surface area contributed by atoms with E-state index in [9.17, 15) is 0 Å². The van der Waals surface area contributed by atoms with E-state index in [4.69, 9.17) is 17.7 Å². The van der Waals surface area contributed by atoms with Crippen LogP contribution in [0, 0.1) is 0 Å². The van der Waals surface area contributed by atoms with Gasteiger partial charge in [-0.1, -0.05) is 286 Å². The van der Waals surface area contributed by atoms with Crippen LogP contribution in [-0.2, 0) is 32.5 Å². The Labute approximate surface area is 771 Å². The van der Waals surface area contributed by atoms with Crippen molar-refractivity contribution in [3.05, 3.63) is 300 Å². The van der Waals surface area contributed by atoms with Gasteiger partial charge in [0.25, 0.3) is 13.4 Å². The Morgan fingerprint density at radius 3 is 1.13 bits per heavy atom. The number of hydrogen-bond acceptors (Lipinski definition) is 8. The van der Waals surface area contributed by atoms with Gasteiger partial charge >= 0.3 is 0 Å². The van der Waals surface area contributed by atoms with Gasteiger partial charge in [-0.25, -0.2) is 0 Å². The summed E-state index contributed by atoms with van der Waals surface area (Å²) in [5.74, 6) is 0. The largest absolute Gasteiger partial charge is 0.456 e. The lowest BCUT2D eigenvalue weighted by Crippen LogP contribution is -2.60. The van der Waals surface area contributed by atoms with E-state index in [1.54, 1.807) is 0 Å². The van der Waals surface area contributed by atoms with Crippen LogP contribution in [0.25, 0.3) is 121 Å². The molecule has 2 saturated carbocycles. The number of hydrogen-bond donors (Lipinski definition) is 0. The van der Waals surface area contributed by atoms with Crippen LogP contribution < -0.4 is 52.4 Å². The summed E-state index contributed by atoms with van der Waals surface area (Å²) < 4.78 is 32.5. The Kier molecular flexibility index (Phi) is 15.7. The lowest BCUT2D eigenvalue weighted by Gasteiger charge is -2.50. The Bertz CT molecular complexity index is 8500. The monoisotopic (exact) mass is 1720 g/mol. The molecule has 0 spiro atoms. The lowest BCUT2D eigenvalue weighted by molar-refractivity contribution is 0.195. The van der Waals surface area contributed by atoms with Crippen LogP contribution >= 0.6 is 0 Å². The van der Waals surface area contributed by atoms with E-state index < -0.39 is 0 Å². The molecule has 20 aromatic rings.